The second-order valence-corrected chi connectivity index (χ2v) is 5.46. The van der Waals surface area contributed by atoms with Crippen molar-refractivity contribution in [3.8, 4) is 5.88 Å². The van der Waals surface area contributed by atoms with E-state index < -0.39 is 0 Å². The highest BCUT2D eigenvalue weighted by molar-refractivity contribution is 5.80. The van der Waals surface area contributed by atoms with Crippen molar-refractivity contribution < 1.29 is 9.53 Å². The molecule has 2 heterocycles. The van der Waals surface area contributed by atoms with Crippen LogP contribution >= 0.6 is 0 Å². The van der Waals surface area contributed by atoms with Gasteiger partial charge in [-0.25, -0.2) is 4.98 Å². The summed E-state index contributed by atoms with van der Waals surface area (Å²) in [5.41, 5.74) is 1.04. The highest BCUT2D eigenvalue weighted by atomic mass is 16.5. The molecule has 1 aliphatic heterocycles. The zero-order chi connectivity index (χ0) is 16.7. The van der Waals surface area contributed by atoms with Crippen LogP contribution in [0.1, 0.15) is 25.3 Å². The lowest BCUT2D eigenvalue weighted by atomic mass is 10.2. The Kier molecular flexibility index (Phi) is 6.19. The average molecular weight is 319 g/mol. The molecule has 1 amide bonds. The quantitative estimate of drug-likeness (QED) is 0.619. The molecule has 7 nitrogen and oxygen atoms in total. The number of nitrogens with zero attached hydrogens (tertiary/aromatic N) is 3. The molecule has 126 valence electrons. The third-order valence-corrected chi connectivity index (χ3v) is 3.87. The normalized spacial score (nSPS) is 18.0. The highest BCUT2D eigenvalue weighted by Crippen LogP contribution is 2.10. The molecule has 7 heteroatoms. The number of likely N-dealkylation sites (tertiary alicyclic amines) is 1. The molecule has 23 heavy (non-hydrogen) atoms. The minimum Gasteiger partial charge on any atom is -0.481 e. The fourth-order valence-corrected chi connectivity index (χ4v) is 2.54. The number of rotatable bonds is 5. The first kappa shape index (κ1) is 17.1. The summed E-state index contributed by atoms with van der Waals surface area (Å²) in [5, 5.41) is 6.63. The zero-order valence-electron chi connectivity index (χ0n) is 14.0. The monoisotopic (exact) mass is 319 g/mol. The van der Waals surface area contributed by atoms with E-state index >= 15 is 0 Å². The smallest absolute Gasteiger partial charge is 0.222 e. The number of hydrogen-bond acceptors (Lipinski definition) is 4. The van der Waals surface area contributed by atoms with Gasteiger partial charge in [-0.2, -0.15) is 0 Å². The summed E-state index contributed by atoms with van der Waals surface area (Å²) < 4.78 is 5.04. The Labute approximate surface area is 137 Å². The van der Waals surface area contributed by atoms with Gasteiger partial charge in [0, 0.05) is 51.4 Å². The van der Waals surface area contributed by atoms with E-state index in [1.165, 1.54) is 0 Å². The molecule has 0 radical (unpaired) electrons. The van der Waals surface area contributed by atoms with Gasteiger partial charge in [0.2, 0.25) is 11.8 Å². The Morgan fingerprint density at radius 2 is 2.35 bits per heavy atom. The molecule has 1 aromatic heterocycles. The minimum atomic E-state index is 0.210. The number of amides is 1. The Hall–Kier alpha value is -2.31. The molecule has 0 aromatic carbocycles. The number of methoxy groups -OCH3 is 1. The van der Waals surface area contributed by atoms with Crippen LogP contribution in [0.4, 0.5) is 0 Å². The Morgan fingerprint density at radius 1 is 1.52 bits per heavy atom. The van der Waals surface area contributed by atoms with Gasteiger partial charge in [0.1, 0.15) is 0 Å². The van der Waals surface area contributed by atoms with Gasteiger partial charge < -0.3 is 20.3 Å². The molecule has 1 unspecified atom stereocenters. The standard InChI is InChI=1S/C16H25N5O2/c1-4-15(22)21-8-7-13(11-21)20-16(17-2)19-10-12-5-6-14(23-3)18-9-12/h5-6,9,13H,4,7-8,10-11H2,1-3H3,(H2,17,19,20). The van der Waals surface area contributed by atoms with Crippen LogP contribution in [0.25, 0.3) is 0 Å². The number of nitrogens with one attached hydrogen (secondary N) is 2. The fourth-order valence-electron chi connectivity index (χ4n) is 2.54. The van der Waals surface area contributed by atoms with Gasteiger partial charge in [0.05, 0.1) is 7.11 Å². The summed E-state index contributed by atoms with van der Waals surface area (Å²) in [6.07, 6.45) is 3.27. The number of hydrogen-bond donors (Lipinski definition) is 2. The Bertz CT molecular complexity index is 544. The number of carbonyl (C=O) groups excluding carboxylic acids is 1. The third-order valence-electron chi connectivity index (χ3n) is 3.87. The van der Waals surface area contributed by atoms with E-state index in [0.29, 0.717) is 18.8 Å². The van der Waals surface area contributed by atoms with Crippen molar-refractivity contribution in [2.45, 2.75) is 32.4 Å². The van der Waals surface area contributed by atoms with Crippen LogP contribution < -0.4 is 15.4 Å². The Morgan fingerprint density at radius 3 is 2.96 bits per heavy atom. The molecule has 0 saturated carbocycles. The van der Waals surface area contributed by atoms with Crippen LogP contribution in [0.3, 0.4) is 0 Å². The van der Waals surface area contributed by atoms with E-state index in [9.17, 15) is 4.79 Å². The number of carbonyl (C=O) groups is 1. The fraction of sp³-hybridized carbons (Fsp3) is 0.562. The molecule has 1 atom stereocenters. The van der Waals surface area contributed by atoms with Crippen molar-refractivity contribution in [2.24, 2.45) is 4.99 Å². The summed E-state index contributed by atoms with van der Waals surface area (Å²) in [5.74, 6) is 1.54. The Balaban J connectivity index is 1.80. The van der Waals surface area contributed by atoms with Gasteiger partial charge in [-0.05, 0) is 12.0 Å². The predicted octanol–water partition coefficient (Wildman–Crippen LogP) is 0.766. The maximum Gasteiger partial charge on any atom is 0.222 e. The highest BCUT2D eigenvalue weighted by Gasteiger charge is 2.25. The van der Waals surface area contributed by atoms with Gasteiger partial charge in [-0.3, -0.25) is 9.79 Å². The molecule has 2 N–H and O–H groups in total. The summed E-state index contributed by atoms with van der Waals surface area (Å²) >= 11 is 0. The van der Waals surface area contributed by atoms with Gasteiger partial charge in [-0.15, -0.1) is 0 Å². The van der Waals surface area contributed by atoms with Crippen LogP contribution in [0.2, 0.25) is 0 Å². The minimum absolute atomic E-state index is 0.210. The molecular formula is C16H25N5O2. The summed E-state index contributed by atoms with van der Waals surface area (Å²) in [7, 11) is 3.34. The van der Waals surface area contributed by atoms with E-state index in [4.69, 9.17) is 4.74 Å². The first-order valence-corrected chi connectivity index (χ1v) is 7.90. The largest absolute Gasteiger partial charge is 0.481 e. The van der Waals surface area contributed by atoms with Crippen LogP contribution in [-0.4, -0.2) is 55.0 Å². The maximum absolute atomic E-state index is 11.7. The van der Waals surface area contributed by atoms with E-state index in [1.807, 2.05) is 24.0 Å². The number of guanidine groups is 1. The van der Waals surface area contributed by atoms with Crippen molar-refractivity contribution >= 4 is 11.9 Å². The first-order valence-electron chi connectivity index (χ1n) is 7.90. The second kappa shape index (κ2) is 8.36. The molecule has 0 bridgehead atoms. The van der Waals surface area contributed by atoms with Crippen LogP contribution in [-0.2, 0) is 11.3 Å². The molecule has 1 aromatic rings. The van der Waals surface area contributed by atoms with E-state index in [-0.39, 0.29) is 11.9 Å². The SMILES string of the molecule is CCC(=O)N1CCC(NC(=NC)NCc2ccc(OC)nc2)C1. The van der Waals surface area contributed by atoms with Crippen molar-refractivity contribution in [3.63, 3.8) is 0 Å². The van der Waals surface area contributed by atoms with E-state index in [1.54, 1.807) is 20.4 Å². The molecule has 1 aliphatic rings. The van der Waals surface area contributed by atoms with Crippen LogP contribution in [0, 0.1) is 0 Å². The molecule has 0 aliphatic carbocycles. The van der Waals surface area contributed by atoms with Crippen molar-refractivity contribution in [1.29, 1.82) is 0 Å². The number of aliphatic imine (C=N–C) groups is 1. The van der Waals surface area contributed by atoms with Crippen molar-refractivity contribution in [2.75, 3.05) is 27.2 Å². The van der Waals surface area contributed by atoms with Crippen LogP contribution in [0.5, 0.6) is 5.88 Å². The summed E-state index contributed by atoms with van der Waals surface area (Å²) in [6, 6.07) is 4.03. The van der Waals surface area contributed by atoms with Gasteiger partial charge in [0.15, 0.2) is 5.96 Å². The number of pyridine rings is 1. The topological polar surface area (TPSA) is 78.9 Å². The lowest BCUT2D eigenvalue weighted by molar-refractivity contribution is -0.129. The van der Waals surface area contributed by atoms with Gasteiger partial charge in [-0.1, -0.05) is 13.0 Å². The lowest BCUT2D eigenvalue weighted by Crippen LogP contribution is -2.44. The molecule has 2 rings (SSSR count). The van der Waals surface area contributed by atoms with Gasteiger partial charge in [0.25, 0.3) is 0 Å². The lowest BCUT2D eigenvalue weighted by Gasteiger charge is -2.18. The number of ether oxygens (including phenoxy) is 1. The molecule has 1 saturated heterocycles. The summed E-state index contributed by atoms with van der Waals surface area (Å²) in [4.78, 5) is 22.0. The maximum atomic E-state index is 11.7. The van der Waals surface area contributed by atoms with Crippen molar-refractivity contribution in [1.82, 2.24) is 20.5 Å². The average Bonchev–Trinajstić information content (AvgIpc) is 3.06. The molecular weight excluding hydrogens is 294 g/mol. The summed E-state index contributed by atoms with van der Waals surface area (Å²) in [6.45, 7) is 4.06. The van der Waals surface area contributed by atoms with Gasteiger partial charge >= 0.3 is 0 Å². The molecule has 1 fully saturated rings. The third kappa shape index (κ3) is 4.84. The number of aromatic nitrogens is 1. The predicted molar refractivity (Wildman–Crippen MR) is 89.4 cm³/mol. The van der Waals surface area contributed by atoms with E-state index in [2.05, 4.69) is 20.6 Å². The zero-order valence-corrected chi connectivity index (χ0v) is 14.0. The van der Waals surface area contributed by atoms with Crippen molar-refractivity contribution in [3.05, 3.63) is 23.9 Å². The van der Waals surface area contributed by atoms with E-state index in [0.717, 1.165) is 31.0 Å². The second-order valence-electron chi connectivity index (χ2n) is 5.46. The first-order chi connectivity index (χ1) is 11.2. The van der Waals surface area contributed by atoms with Crippen LogP contribution in [0.15, 0.2) is 23.3 Å². The molecule has 0 spiro atoms.